The highest BCUT2D eigenvalue weighted by molar-refractivity contribution is 5.27. The van der Waals surface area contributed by atoms with Gasteiger partial charge < -0.3 is 14.8 Å². The van der Waals surface area contributed by atoms with Gasteiger partial charge in [-0.25, -0.2) is 0 Å². The summed E-state index contributed by atoms with van der Waals surface area (Å²) in [6, 6.07) is 8.85. The van der Waals surface area contributed by atoms with E-state index in [0.717, 1.165) is 31.3 Å². The van der Waals surface area contributed by atoms with Gasteiger partial charge in [-0.3, -0.25) is 0 Å². The largest absolute Gasteiger partial charge is 0.492 e. The molecule has 0 radical (unpaired) electrons. The Morgan fingerprint density at radius 3 is 2.50 bits per heavy atom. The molecule has 20 heavy (non-hydrogen) atoms. The van der Waals surface area contributed by atoms with Crippen LogP contribution in [0.1, 0.15) is 31.2 Å². The molecule has 0 spiro atoms. The van der Waals surface area contributed by atoms with Crippen LogP contribution in [0.15, 0.2) is 24.3 Å². The van der Waals surface area contributed by atoms with Crippen molar-refractivity contribution in [2.75, 3.05) is 27.4 Å². The van der Waals surface area contributed by atoms with Crippen molar-refractivity contribution < 1.29 is 9.47 Å². The molecule has 0 bridgehead atoms. The van der Waals surface area contributed by atoms with Gasteiger partial charge in [-0.2, -0.15) is 0 Å². The first-order valence-electron chi connectivity index (χ1n) is 7.71. The minimum absolute atomic E-state index is 0.477. The second kappa shape index (κ2) is 8.28. The minimum atomic E-state index is 0.477. The van der Waals surface area contributed by atoms with E-state index in [1.807, 2.05) is 7.05 Å². The summed E-state index contributed by atoms with van der Waals surface area (Å²) in [5.41, 5.74) is 1.29. The normalized spacial score (nSPS) is 17.3. The lowest BCUT2D eigenvalue weighted by molar-refractivity contribution is 0.202. The fourth-order valence-electron chi connectivity index (χ4n) is 2.97. The first-order chi connectivity index (χ1) is 9.83. The molecule has 3 nitrogen and oxygen atoms in total. The van der Waals surface area contributed by atoms with E-state index in [1.165, 1.54) is 31.2 Å². The van der Waals surface area contributed by atoms with Gasteiger partial charge in [0, 0.05) is 13.2 Å². The minimum Gasteiger partial charge on any atom is -0.492 e. The van der Waals surface area contributed by atoms with Crippen molar-refractivity contribution in [2.45, 2.75) is 38.1 Å². The van der Waals surface area contributed by atoms with Gasteiger partial charge >= 0.3 is 0 Å². The number of ether oxygens (including phenoxy) is 2. The van der Waals surface area contributed by atoms with Crippen molar-refractivity contribution in [3.63, 3.8) is 0 Å². The molecular formula is C17H27NO2. The first-order valence-corrected chi connectivity index (χ1v) is 7.71. The van der Waals surface area contributed by atoms with Crippen LogP contribution in [0.4, 0.5) is 0 Å². The average Bonchev–Trinajstić information content (AvgIpc) is 3.01. The van der Waals surface area contributed by atoms with Crippen LogP contribution in [0.5, 0.6) is 5.75 Å². The Morgan fingerprint density at radius 2 is 1.90 bits per heavy atom. The summed E-state index contributed by atoms with van der Waals surface area (Å²) in [5.74, 6) is 1.74. The Morgan fingerprint density at radius 1 is 1.20 bits per heavy atom. The number of likely N-dealkylation sites (N-methyl/N-ethyl adjacent to an activating group) is 1. The Balaban J connectivity index is 1.80. The van der Waals surface area contributed by atoms with Gasteiger partial charge in [0.15, 0.2) is 0 Å². The third-order valence-electron chi connectivity index (χ3n) is 4.29. The number of hydrogen-bond acceptors (Lipinski definition) is 3. The number of rotatable bonds is 8. The van der Waals surface area contributed by atoms with E-state index in [4.69, 9.17) is 9.47 Å². The lowest BCUT2D eigenvalue weighted by Crippen LogP contribution is -2.37. The number of hydrogen-bond donors (Lipinski definition) is 1. The molecule has 0 aromatic heterocycles. The van der Waals surface area contributed by atoms with Crippen LogP contribution in [0.25, 0.3) is 0 Å². The number of methoxy groups -OCH3 is 1. The van der Waals surface area contributed by atoms with Gasteiger partial charge in [0.05, 0.1) is 6.61 Å². The van der Waals surface area contributed by atoms with Crippen LogP contribution in [0.2, 0.25) is 0 Å². The quantitative estimate of drug-likeness (QED) is 0.792. The van der Waals surface area contributed by atoms with E-state index in [-0.39, 0.29) is 0 Å². The number of nitrogens with one attached hydrogen (secondary N) is 1. The standard InChI is InChI=1S/C17H27NO2/c1-18-17(15-5-3-4-6-15)13-20-16-9-7-14(8-10-16)11-12-19-2/h7-10,15,17-18H,3-6,11-13H2,1-2H3. The zero-order valence-electron chi connectivity index (χ0n) is 12.7. The monoisotopic (exact) mass is 277 g/mol. The molecular weight excluding hydrogens is 250 g/mol. The maximum Gasteiger partial charge on any atom is 0.119 e. The van der Waals surface area contributed by atoms with Gasteiger partial charge in [0.25, 0.3) is 0 Å². The predicted octanol–water partition coefficient (Wildman–Crippen LogP) is 3.03. The molecule has 0 heterocycles. The number of benzene rings is 1. The van der Waals surface area contributed by atoms with E-state index < -0.39 is 0 Å². The SMILES string of the molecule is CNC(COc1ccc(CCOC)cc1)C1CCCC1. The molecule has 1 fully saturated rings. The van der Waals surface area contributed by atoms with Crippen molar-refractivity contribution in [3.8, 4) is 5.75 Å². The third-order valence-corrected chi connectivity index (χ3v) is 4.29. The first kappa shape index (κ1) is 15.3. The second-order valence-electron chi connectivity index (χ2n) is 5.64. The zero-order valence-corrected chi connectivity index (χ0v) is 12.7. The molecule has 1 atom stereocenters. The molecule has 112 valence electrons. The Labute approximate surface area is 122 Å². The molecule has 0 aliphatic heterocycles. The van der Waals surface area contributed by atoms with Gasteiger partial charge in [-0.1, -0.05) is 25.0 Å². The summed E-state index contributed by atoms with van der Waals surface area (Å²) in [7, 11) is 3.78. The smallest absolute Gasteiger partial charge is 0.119 e. The van der Waals surface area contributed by atoms with Crippen molar-refractivity contribution in [3.05, 3.63) is 29.8 Å². The van der Waals surface area contributed by atoms with Crippen LogP contribution in [0.3, 0.4) is 0 Å². The van der Waals surface area contributed by atoms with Crippen LogP contribution in [-0.2, 0) is 11.2 Å². The van der Waals surface area contributed by atoms with E-state index in [1.54, 1.807) is 7.11 Å². The predicted molar refractivity (Wildman–Crippen MR) is 82.3 cm³/mol. The molecule has 1 aromatic carbocycles. The zero-order chi connectivity index (χ0) is 14.2. The van der Waals surface area contributed by atoms with Crippen molar-refractivity contribution >= 4 is 0 Å². The molecule has 1 saturated carbocycles. The van der Waals surface area contributed by atoms with Gasteiger partial charge in [0.2, 0.25) is 0 Å². The van der Waals surface area contributed by atoms with Crippen LogP contribution < -0.4 is 10.1 Å². The molecule has 3 heteroatoms. The second-order valence-corrected chi connectivity index (χ2v) is 5.64. The fraction of sp³-hybridized carbons (Fsp3) is 0.647. The summed E-state index contributed by atoms with van der Waals surface area (Å²) >= 11 is 0. The topological polar surface area (TPSA) is 30.5 Å². The Bertz CT molecular complexity index is 371. The maximum atomic E-state index is 5.94. The van der Waals surface area contributed by atoms with Crippen LogP contribution >= 0.6 is 0 Å². The van der Waals surface area contributed by atoms with E-state index >= 15 is 0 Å². The third kappa shape index (κ3) is 4.50. The molecule has 1 unspecified atom stereocenters. The summed E-state index contributed by atoms with van der Waals surface area (Å²) in [5, 5.41) is 3.41. The lowest BCUT2D eigenvalue weighted by Gasteiger charge is -2.23. The summed E-state index contributed by atoms with van der Waals surface area (Å²) in [6.45, 7) is 1.53. The highest BCUT2D eigenvalue weighted by Gasteiger charge is 2.24. The Hall–Kier alpha value is -1.06. The van der Waals surface area contributed by atoms with Crippen molar-refractivity contribution in [1.29, 1.82) is 0 Å². The highest BCUT2D eigenvalue weighted by atomic mass is 16.5. The highest BCUT2D eigenvalue weighted by Crippen LogP contribution is 2.28. The van der Waals surface area contributed by atoms with Gasteiger partial charge in [-0.05, 0) is 49.9 Å². The molecule has 1 aromatic rings. The van der Waals surface area contributed by atoms with E-state index in [9.17, 15) is 0 Å². The molecule has 1 aliphatic rings. The van der Waals surface area contributed by atoms with Gasteiger partial charge in [0.1, 0.15) is 12.4 Å². The maximum absolute atomic E-state index is 5.94. The summed E-state index contributed by atoms with van der Waals surface area (Å²) < 4.78 is 11.0. The van der Waals surface area contributed by atoms with Gasteiger partial charge in [-0.15, -0.1) is 0 Å². The van der Waals surface area contributed by atoms with Crippen LogP contribution in [-0.4, -0.2) is 33.4 Å². The summed E-state index contributed by atoms with van der Waals surface area (Å²) in [4.78, 5) is 0. The average molecular weight is 277 g/mol. The fourth-order valence-corrected chi connectivity index (χ4v) is 2.97. The molecule has 0 amide bonds. The van der Waals surface area contributed by atoms with Crippen LogP contribution in [0, 0.1) is 5.92 Å². The molecule has 1 N–H and O–H groups in total. The lowest BCUT2D eigenvalue weighted by atomic mass is 9.99. The van der Waals surface area contributed by atoms with Crippen molar-refractivity contribution in [2.24, 2.45) is 5.92 Å². The molecule has 1 aliphatic carbocycles. The molecule has 0 saturated heterocycles. The van der Waals surface area contributed by atoms with Crippen molar-refractivity contribution in [1.82, 2.24) is 5.32 Å². The molecule has 2 rings (SSSR count). The van der Waals surface area contributed by atoms with E-state index in [2.05, 4.69) is 29.6 Å². The summed E-state index contributed by atoms with van der Waals surface area (Å²) in [6.07, 6.45) is 6.38. The Kier molecular flexibility index (Phi) is 6.34. The van der Waals surface area contributed by atoms with E-state index in [0.29, 0.717) is 6.04 Å².